The monoisotopic (exact) mass is 175 g/mol. The van der Waals surface area contributed by atoms with Crippen LogP contribution >= 0.6 is 0 Å². The van der Waals surface area contributed by atoms with E-state index in [9.17, 15) is 0 Å². The fourth-order valence-electron chi connectivity index (χ4n) is 1.32. The fraction of sp³-hybridized carbons (Fsp3) is 0.727. The molecule has 0 aliphatic rings. The van der Waals surface area contributed by atoms with Crippen molar-refractivity contribution in [1.82, 2.24) is 4.90 Å². The summed E-state index contributed by atoms with van der Waals surface area (Å²) >= 11 is 0. The Bertz CT molecular complexity index is 126. The van der Waals surface area contributed by atoms with Crippen molar-refractivity contribution in [3.05, 3.63) is 18.6 Å². The molecule has 13 heavy (non-hydrogen) atoms. The van der Waals surface area contributed by atoms with Crippen molar-refractivity contribution in [2.75, 3.05) is 19.6 Å². The molecule has 0 aromatic rings. The standard InChI is InChI=1S/C11H22N.Li/c1-5-8-12(9-6-2)10-11(4)7-3;/h7H,3,5-6,8-10H2,1-2,4H3;/q-1;+1/b11-7+;. The van der Waals surface area contributed by atoms with Gasteiger partial charge in [-0.1, -0.05) is 13.8 Å². The van der Waals surface area contributed by atoms with Crippen LogP contribution in [-0.4, -0.2) is 24.5 Å². The van der Waals surface area contributed by atoms with Gasteiger partial charge < -0.3 is 4.90 Å². The zero-order chi connectivity index (χ0) is 9.40. The average molecular weight is 175 g/mol. The second kappa shape index (κ2) is 10.2. The molecule has 0 aromatic carbocycles. The molecule has 0 rings (SSSR count). The van der Waals surface area contributed by atoms with Crippen LogP contribution < -0.4 is 18.9 Å². The van der Waals surface area contributed by atoms with Gasteiger partial charge in [0.2, 0.25) is 0 Å². The number of nitrogens with zero attached hydrogens (tertiary/aromatic N) is 1. The Balaban J connectivity index is 0. The smallest absolute Gasteiger partial charge is 0.316 e. The minimum atomic E-state index is 0. The van der Waals surface area contributed by atoms with E-state index in [2.05, 4.69) is 32.6 Å². The van der Waals surface area contributed by atoms with Crippen LogP contribution in [0.4, 0.5) is 0 Å². The molecule has 1 nitrogen and oxygen atoms in total. The number of hydrogen-bond acceptors (Lipinski definition) is 1. The van der Waals surface area contributed by atoms with Crippen LogP contribution in [0.2, 0.25) is 0 Å². The maximum absolute atomic E-state index is 3.77. The Morgan fingerprint density at radius 3 is 2.00 bits per heavy atom. The maximum atomic E-state index is 3.77. The van der Waals surface area contributed by atoms with Crippen LogP contribution in [0.15, 0.2) is 11.6 Å². The summed E-state index contributed by atoms with van der Waals surface area (Å²) in [6.45, 7) is 13.9. The van der Waals surface area contributed by atoms with Crippen molar-refractivity contribution in [2.45, 2.75) is 33.6 Å². The molecule has 0 bridgehead atoms. The summed E-state index contributed by atoms with van der Waals surface area (Å²) in [5, 5.41) is 0. The van der Waals surface area contributed by atoms with E-state index in [1.54, 1.807) is 0 Å². The third kappa shape index (κ3) is 8.50. The van der Waals surface area contributed by atoms with Crippen LogP contribution in [0, 0.1) is 6.92 Å². The van der Waals surface area contributed by atoms with E-state index in [-0.39, 0.29) is 18.9 Å². The molecule has 0 radical (unpaired) electrons. The van der Waals surface area contributed by atoms with E-state index >= 15 is 0 Å². The Morgan fingerprint density at radius 1 is 1.23 bits per heavy atom. The van der Waals surface area contributed by atoms with E-state index in [4.69, 9.17) is 0 Å². The van der Waals surface area contributed by atoms with E-state index in [0.29, 0.717) is 0 Å². The zero-order valence-corrected chi connectivity index (χ0v) is 9.77. The third-order valence-electron chi connectivity index (χ3n) is 1.90. The van der Waals surface area contributed by atoms with Gasteiger partial charge in [-0.05, 0) is 32.5 Å². The summed E-state index contributed by atoms with van der Waals surface area (Å²) in [6.07, 6.45) is 4.44. The minimum Gasteiger partial charge on any atom is -0.316 e. The van der Waals surface area contributed by atoms with Crippen LogP contribution in [0.25, 0.3) is 0 Å². The molecule has 0 saturated heterocycles. The molecule has 0 saturated carbocycles. The van der Waals surface area contributed by atoms with Crippen LogP contribution in [-0.2, 0) is 0 Å². The zero-order valence-electron chi connectivity index (χ0n) is 9.77. The predicted octanol–water partition coefficient (Wildman–Crippen LogP) is -0.107. The Morgan fingerprint density at radius 2 is 1.69 bits per heavy atom. The first-order chi connectivity index (χ1) is 5.74. The first-order valence-electron chi connectivity index (χ1n) is 4.91. The Labute approximate surface area is 95.8 Å². The molecule has 0 fully saturated rings. The van der Waals surface area contributed by atoms with Gasteiger partial charge in [0.05, 0.1) is 0 Å². The van der Waals surface area contributed by atoms with Crippen molar-refractivity contribution >= 4 is 0 Å². The summed E-state index contributed by atoms with van der Waals surface area (Å²) in [5.41, 5.74) is 1.37. The van der Waals surface area contributed by atoms with Crippen LogP contribution in [0.1, 0.15) is 33.6 Å². The summed E-state index contributed by atoms with van der Waals surface area (Å²) in [5.74, 6) is 0. The summed E-state index contributed by atoms with van der Waals surface area (Å²) in [6, 6.07) is 0. The molecule has 72 valence electrons. The molecule has 0 N–H and O–H groups in total. The number of rotatable bonds is 6. The minimum absolute atomic E-state index is 0. The molecule has 0 spiro atoms. The van der Waals surface area contributed by atoms with Crippen LogP contribution in [0.5, 0.6) is 0 Å². The summed E-state index contributed by atoms with van der Waals surface area (Å²) in [7, 11) is 0. The normalized spacial score (nSPS) is 11.5. The molecular weight excluding hydrogens is 153 g/mol. The van der Waals surface area contributed by atoms with Gasteiger partial charge in [-0.25, -0.2) is 18.6 Å². The fourth-order valence-corrected chi connectivity index (χ4v) is 1.32. The molecule has 0 aromatic heterocycles. The second-order valence-corrected chi connectivity index (χ2v) is 3.33. The van der Waals surface area contributed by atoms with Crippen molar-refractivity contribution in [3.63, 3.8) is 0 Å². The number of hydrogen-bond donors (Lipinski definition) is 0. The molecule has 0 aliphatic carbocycles. The predicted molar refractivity (Wildman–Crippen MR) is 56.1 cm³/mol. The molecule has 0 unspecified atom stereocenters. The first kappa shape index (κ1) is 15.6. The Kier molecular flexibility index (Phi) is 12.3. The molecule has 0 aliphatic heterocycles. The molecular formula is C11H22LiN. The molecule has 2 heteroatoms. The van der Waals surface area contributed by atoms with Crippen molar-refractivity contribution < 1.29 is 18.9 Å². The second-order valence-electron chi connectivity index (χ2n) is 3.33. The topological polar surface area (TPSA) is 3.24 Å². The van der Waals surface area contributed by atoms with Crippen molar-refractivity contribution in [2.24, 2.45) is 0 Å². The van der Waals surface area contributed by atoms with Gasteiger partial charge in [-0.15, -0.1) is 6.92 Å². The Hall–Kier alpha value is 0.167. The SMILES string of the molecule is [CH2-]/C=C(\C)CN(CCC)CCC.[Li+]. The van der Waals surface area contributed by atoms with E-state index in [0.717, 1.165) is 6.54 Å². The maximum Gasteiger partial charge on any atom is 1.00 e. The van der Waals surface area contributed by atoms with Gasteiger partial charge in [0.1, 0.15) is 0 Å². The van der Waals surface area contributed by atoms with Gasteiger partial charge in [0, 0.05) is 0 Å². The summed E-state index contributed by atoms with van der Waals surface area (Å²) < 4.78 is 0. The third-order valence-corrected chi connectivity index (χ3v) is 1.90. The molecule has 0 atom stereocenters. The van der Waals surface area contributed by atoms with E-state index in [1.807, 2.05) is 6.08 Å². The van der Waals surface area contributed by atoms with Crippen molar-refractivity contribution in [1.29, 1.82) is 0 Å². The van der Waals surface area contributed by atoms with Gasteiger partial charge in [-0.3, -0.25) is 0 Å². The van der Waals surface area contributed by atoms with E-state index < -0.39 is 0 Å². The van der Waals surface area contributed by atoms with Crippen molar-refractivity contribution in [3.8, 4) is 0 Å². The van der Waals surface area contributed by atoms with E-state index in [1.165, 1.54) is 31.5 Å². The number of allylic oxidation sites excluding steroid dienone is 1. The summed E-state index contributed by atoms with van der Waals surface area (Å²) in [4.78, 5) is 2.48. The van der Waals surface area contributed by atoms with Gasteiger partial charge in [-0.2, -0.15) is 0 Å². The average Bonchev–Trinajstić information content (AvgIpc) is 2.05. The first-order valence-corrected chi connectivity index (χ1v) is 4.91. The van der Waals surface area contributed by atoms with Gasteiger partial charge in [0.15, 0.2) is 0 Å². The van der Waals surface area contributed by atoms with Crippen LogP contribution in [0.3, 0.4) is 0 Å². The molecule has 0 heterocycles. The molecule has 0 amide bonds. The van der Waals surface area contributed by atoms with Gasteiger partial charge >= 0.3 is 18.9 Å². The largest absolute Gasteiger partial charge is 1.00 e. The van der Waals surface area contributed by atoms with Gasteiger partial charge in [0.25, 0.3) is 0 Å². The quantitative estimate of drug-likeness (QED) is 0.402.